The highest BCUT2D eigenvalue weighted by Gasteiger charge is 2.33. The lowest BCUT2D eigenvalue weighted by molar-refractivity contribution is -0.157. The summed E-state index contributed by atoms with van der Waals surface area (Å²) in [6.07, 6.45) is 9.33. The number of carbonyl (C=O) groups excluding carboxylic acids is 1. The van der Waals surface area contributed by atoms with Gasteiger partial charge < -0.3 is 28.6 Å². The summed E-state index contributed by atoms with van der Waals surface area (Å²) in [5.41, 5.74) is 1.85. The van der Waals surface area contributed by atoms with Gasteiger partial charge in [0, 0.05) is 36.4 Å². The van der Waals surface area contributed by atoms with Gasteiger partial charge in [0.1, 0.15) is 5.58 Å². The minimum atomic E-state index is -0.560. The van der Waals surface area contributed by atoms with E-state index in [1.807, 2.05) is 42.3 Å². The Kier molecular flexibility index (Phi) is 7.84. The van der Waals surface area contributed by atoms with Crippen LogP contribution in [0.25, 0.3) is 11.0 Å². The zero-order chi connectivity index (χ0) is 22.3. The third-order valence-electron chi connectivity index (χ3n) is 6.39. The van der Waals surface area contributed by atoms with E-state index in [1.54, 1.807) is 6.26 Å². The van der Waals surface area contributed by atoms with E-state index in [-0.39, 0.29) is 31.1 Å². The first-order valence-corrected chi connectivity index (χ1v) is 11.6. The van der Waals surface area contributed by atoms with E-state index in [4.69, 9.17) is 23.7 Å². The van der Waals surface area contributed by atoms with Crippen molar-refractivity contribution in [3.8, 4) is 0 Å². The lowest BCUT2D eigenvalue weighted by atomic mass is 9.91. The maximum Gasteiger partial charge on any atom is 0.288 e. The van der Waals surface area contributed by atoms with Gasteiger partial charge in [0.2, 0.25) is 6.29 Å². The van der Waals surface area contributed by atoms with Gasteiger partial charge in [0.15, 0.2) is 5.76 Å². The highest BCUT2D eigenvalue weighted by Crippen LogP contribution is 2.37. The third-order valence-corrected chi connectivity index (χ3v) is 6.39. The summed E-state index contributed by atoms with van der Waals surface area (Å²) in [6.45, 7) is 0.928. The molecule has 2 atom stereocenters. The zero-order valence-corrected chi connectivity index (χ0v) is 18.7. The number of allylic oxidation sites excluding steroid dienone is 1. The molecule has 2 aliphatic rings. The summed E-state index contributed by atoms with van der Waals surface area (Å²) >= 11 is 0. The van der Waals surface area contributed by atoms with Crippen molar-refractivity contribution in [2.24, 2.45) is 0 Å². The molecule has 1 amide bonds. The summed E-state index contributed by atoms with van der Waals surface area (Å²) < 4.78 is 23.0. The van der Waals surface area contributed by atoms with Crippen molar-refractivity contribution in [1.82, 2.24) is 4.90 Å². The van der Waals surface area contributed by atoms with Gasteiger partial charge in [-0.1, -0.05) is 37.5 Å². The monoisotopic (exact) mass is 443 g/mol. The van der Waals surface area contributed by atoms with E-state index in [2.05, 4.69) is 0 Å². The summed E-state index contributed by atoms with van der Waals surface area (Å²) in [6, 6.07) is 8.16. The fraction of sp³-hybridized carbons (Fsp3) is 0.560. The second-order valence-electron chi connectivity index (χ2n) is 8.52. The molecule has 1 aliphatic heterocycles. The molecule has 174 valence electrons. The summed E-state index contributed by atoms with van der Waals surface area (Å²) in [7, 11) is 1.87. The Bertz CT molecular complexity index is 916. The van der Waals surface area contributed by atoms with Crippen LogP contribution in [0.2, 0.25) is 0 Å². The second kappa shape index (κ2) is 11.0. The van der Waals surface area contributed by atoms with Gasteiger partial charge in [-0.3, -0.25) is 4.79 Å². The number of para-hydroxylation sites is 1. The Morgan fingerprint density at radius 3 is 2.78 bits per heavy atom. The molecular weight excluding hydrogens is 410 g/mol. The van der Waals surface area contributed by atoms with Gasteiger partial charge in [-0.05, 0) is 25.0 Å². The SMILES string of the molecule is CN(C(=O)C1=CC(c2coc3ccccc23)CC(OCCOCCO)O1)C1CCCCC1. The topological polar surface area (TPSA) is 81.4 Å². The van der Waals surface area contributed by atoms with Crippen LogP contribution in [0.15, 0.2) is 46.8 Å². The van der Waals surface area contributed by atoms with Crippen molar-refractivity contribution >= 4 is 16.9 Å². The molecular formula is C25H33NO6. The molecule has 2 aromatic rings. The maximum atomic E-state index is 13.3. The van der Waals surface area contributed by atoms with E-state index < -0.39 is 6.29 Å². The molecule has 32 heavy (non-hydrogen) atoms. The van der Waals surface area contributed by atoms with E-state index in [0.717, 1.165) is 42.2 Å². The average Bonchev–Trinajstić information content (AvgIpc) is 3.27. The number of carbonyl (C=O) groups is 1. The van der Waals surface area contributed by atoms with E-state index in [0.29, 0.717) is 25.4 Å². The van der Waals surface area contributed by atoms with Crippen LogP contribution in [0.1, 0.15) is 50.0 Å². The minimum Gasteiger partial charge on any atom is -0.464 e. The number of aliphatic hydroxyl groups is 1. The number of hydrogen-bond donors (Lipinski definition) is 1. The highest BCUT2D eigenvalue weighted by atomic mass is 16.7. The number of likely N-dealkylation sites (N-methyl/N-ethyl adjacent to an activating group) is 1. The van der Waals surface area contributed by atoms with Crippen molar-refractivity contribution in [2.75, 3.05) is 33.5 Å². The Labute approximate surface area is 188 Å². The van der Waals surface area contributed by atoms with Gasteiger partial charge in [-0.25, -0.2) is 0 Å². The van der Waals surface area contributed by atoms with Crippen LogP contribution in [0.4, 0.5) is 0 Å². The number of amides is 1. The van der Waals surface area contributed by atoms with Crippen LogP contribution in [-0.2, 0) is 19.0 Å². The molecule has 2 unspecified atom stereocenters. The molecule has 4 rings (SSSR count). The van der Waals surface area contributed by atoms with Crippen LogP contribution >= 0.6 is 0 Å². The van der Waals surface area contributed by atoms with Gasteiger partial charge >= 0.3 is 0 Å². The zero-order valence-electron chi connectivity index (χ0n) is 18.7. The number of furan rings is 1. The van der Waals surface area contributed by atoms with Crippen LogP contribution in [0.3, 0.4) is 0 Å². The highest BCUT2D eigenvalue weighted by molar-refractivity contribution is 5.92. The van der Waals surface area contributed by atoms with Gasteiger partial charge in [0.25, 0.3) is 5.91 Å². The normalized spacial score (nSPS) is 21.9. The van der Waals surface area contributed by atoms with Crippen molar-refractivity contribution in [3.05, 3.63) is 47.9 Å². The minimum absolute atomic E-state index is 0.0234. The van der Waals surface area contributed by atoms with Crippen LogP contribution < -0.4 is 0 Å². The van der Waals surface area contributed by atoms with Gasteiger partial charge in [0.05, 0.1) is 32.7 Å². The molecule has 1 fully saturated rings. The van der Waals surface area contributed by atoms with Crippen LogP contribution in [0.5, 0.6) is 0 Å². The molecule has 1 saturated carbocycles. The summed E-state index contributed by atoms with van der Waals surface area (Å²) in [5.74, 6) is 0.176. The molecule has 0 bridgehead atoms. The van der Waals surface area contributed by atoms with E-state index >= 15 is 0 Å². The molecule has 1 aliphatic carbocycles. The summed E-state index contributed by atoms with van der Waals surface area (Å²) in [4.78, 5) is 15.2. The number of nitrogens with zero attached hydrogens (tertiary/aromatic N) is 1. The Morgan fingerprint density at radius 2 is 1.97 bits per heavy atom. The number of aliphatic hydroxyl groups excluding tert-OH is 1. The van der Waals surface area contributed by atoms with E-state index in [9.17, 15) is 4.79 Å². The molecule has 1 aromatic heterocycles. The Morgan fingerprint density at radius 1 is 1.16 bits per heavy atom. The lowest BCUT2D eigenvalue weighted by Gasteiger charge is -2.34. The molecule has 0 saturated heterocycles. The smallest absolute Gasteiger partial charge is 0.288 e. The lowest BCUT2D eigenvalue weighted by Crippen LogP contribution is -2.41. The third kappa shape index (κ3) is 5.34. The number of fused-ring (bicyclic) bond motifs is 1. The fourth-order valence-corrected chi connectivity index (χ4v) is 4.63. The number of benzene rings is 1. The predicted molar refractivity (Wildman–Crippen MR) is 120 cm³/mol. The first-order valence-electron chi connectivity index (χ1n) is 11.6. The van der Waals surface area contributed by atoms with Gasteiger partial charge in [-0.15, -0.1) is 0 Å². The standard InChI is InChI=1S/C25H33NO6/c1-26(19-7-3-2-4-8-19)25(28)23-15-18(16-24(32-23)30-14-13-29-12-11-27)21-17-31-22-10-6-5-9-20(21)22/h5-6,9-10,15,17-19,24,27H,2-4,7-8,11-14,16H2,1H3. The number of ether oxygens (including phenoxy) is 3. The Hall–Kier alpha value is -2.35. The fourth-order valence-electron chi connectivity index (χ4n) is 4.63. The summed E-state index contributed by atoms with van der Waals surface area (Å²) in [5, 5.41) is 9.88. The van der Waals surface area contributed by atoms with E-state index in [1.165, 1.54) is 6.42 Å². The molecule has 0 spiro atoms. The van der Waals surface area contributed by atoms with Gasteiger partial charge in [-0.2, -0.15) is 0 Å². The molecule has 1 aromatic carbocycles. The molecule has 1 N–H and O–H groups in total. The van der Waals surface area contributed by atoms with Crippen molar-refractivity contribution in [3.63, 3.8) is 0 Å². The van der Waals surface area contributed by atoms with Crippen LogP contribution in [-0.4, -0.2) is 61.7 Å². The van der Waals surface area contributed by atoms with Crippen molar-refractivity contribution in [1.29, 1.82) is 0 Å². The maximum absolute atomic E-state index is 13.3. The van der Waals surface area contributed by atoms with Crippen molar-refractivity contribution in [2.45, 2.75) is 56.8 Å². The number of rotatable bonds is 9. The molecule has 2 heterocycles. The van der Waals surface area contributed by atoms with Crippen LogP contribution in [0, 0.1) is 0 Å². The largest absolute Gasteiger partial charge is 0.464 e. The van der Waals surface area contributed by atoms with Crippen molar-refractivity contribution < 1.29 is 28.5 Å². The number of hydrogen-bond acceptors (Lipinski definition) is 6. The predicted octanol–water partition coefficient (Wildman–Crippen LogP) is 3.96. The Balaban J connectivity index is 1.53. The molecule has 7 nitrogen and oxygen atoms in total. The second-order valence-corrected chi connectivity index (χ2v) is 8.52. The first kappa shape index (κ1) is 22.8. The average molecular weight is 444 g/mol. The first-order chi connectivity index (χ1) is 15.7. The molecule has 7 heteroatoms. The molecule has 0 radical (unpaired) electrons. The quantitative estimate of drug-likeness (QED) is 0.591.